The Hall–Kier alpha value is -2.75. The molecule has 1 fully saturated rings. The Morgan fingerprint density at radius 1 is 0.933 bits per heavy atom. The number of benzene rings is 2. The minimum Gasteiger partial charge on any atom is -0.347 e. The van der Waals surface area contributed by atoms with Crippen molar-refractivity contribution in [3.8, 4) is 0 Å². The van der Waals surface area contributed by atoms with E-state index < -0.39 is 15.9 Å². The van der Waals surface area contributed by atoms with Crippen LogP contribution in [0.5, 0.6) is 0 Å². The number of rotatable bonds is 7. The van der Waals surface area contributed by atoms with Crippen molar-refractivity contribution in [1.29, 1.82) is 0 Å². The van der Waals surface area contributed by atoms with Gasteiger partial charge < -0.3 is 15.5 Å². The van der Waals surface area contributed by atoms with Gasteiger partial charge in [-0.2, -0.15) is 4.31 Å². The maximum absolute atomic E-state index is 12.9. The molecule has 0 bridgehead atoms. The molecule has 0 radical (unpaired) electrons. The van der Waals surface area contributed by atoms with Crippen LogP contribution in [0.25, 0.3) is 0 Å². The van der Waals surface area contributed by atoms with Gasteiger partial charge in [0.1, 0.15) is 0 Å². The number of amides is 2. The summed E-state index contributed by atoms with van der Waals surface area (Å²) in [4.78, 5) is 26.4. The Bertz CT molecular complexity index is 987. The van der Waals surface area contributed by atoms with E-state index in [0.29, 0.717) is 31.9 Å². The Kier molecular flexibility index (Phi) is 7.20. The highest BCUT2D eigenvalue weighted by atomic mass is 32.2. The average molecular weight is 431 g/mol. The molecular formula is C21H26N4O4S. The summed E-state index contributed by atoms with van der Waals surface area (Å²) in [5.74, 6) is -0.687. The molecule has 1 aliphatic heterocycles. The quantitative estimate of drug-likeness (QED) is 0.681. The smallest absolute Gasteiger partial charge is 0.243 e. The van der Waals surface area contributed by atoms with Gasteiger partial charge in [0.05, 0.1) is 17.9 Å². The first-order valence-electron chi connectivity index (χ1n) is 9.74. The van der Waals surface area contributed by atoms with Crippen LogP contribution >= 0.6 is 0 Å². The lowest BCUT2D eigenvalue weighted by Crippen LogP contribution is -2.47. The highest BCUT2D eigenvalue weighted by Crippen LogP contribution is 2.20. The molecule has 8 nitrogen and oxygen atoms in total. The van der Waals surface area contributed by atoms with E-state index in [1.165, 1.54) is 16.4 Å². The summed E-state index contributed by atoms with van der Waals surface area (Å²) in [7, 11) is -1.66. The molecular weight excluding hydrogens is 404 g/mol. The van der Waals surface area contributed by atoms with Crippen LogP contribution in [0.3, 0.4) is 0 Å². The van der Waals surface area contributed by atoms with E-state index in [1.54, 1.807) is 12.1 Å². The van der Waals surface area contributed by atoms with Crippen LogP contribution in [0.15, 0.2) is 59.5 Å². The molecule has 2 amide bonds. The summed E-state index contributed by atoms with van der Waals surface area (Å²) in [5, 5.41) is 5.21. The second-order valence-electron chi connectivity index (χ2n) is 7.22. The van der Waals surface area contributed by atoms with E-state index in [-0.39, 0.29) is 23.8 Å². The normalized spacial score (nSPS) is 15.5. The number of hydrogen-bond donors (Lipinski definition) is 2. The molecule has 0 saturated carbocycles. The Balaban J connectivity index is 1.55. The molecule has 3 rings (SSSR count). The summed E-state index contributed by atoms with van der Waals surface area (Å²) in [6.07, 6.45) is 0.187. The Morgan fingerprint density at radius 2 is 1.63 bits per heavy atom. The number of anilines is 1. The van der Waals surface area contributed by atoms with E-state index >= 15 is 0 Å². The number of nitrogens with zero attached hydrogens (tertiary/aromatic N) is 2. The molecule has 2 aromatic rings. The van der Waals surface area contributed by atoms with Crippen molar-refractivity contribution in [2.45, 2.75) is 11.3 Å². The van der Waals surface area contributed by atoms with E-state index in [2.05, 4.69) is 15.5 Å². The molecule has 1 saturated heterocycles. The number of hydrogen-bond acceptors (Lipinski definition) is 5. The summed E-state index contributed by atoms with van der Waals surface area (Å²) >= 11 is 0. The molecule has 0 aromatic heterocycles. The summed E-state index contributed by atoms with van der Waals surface area (Å²) in [5.41, 5.74) is 1.23. The topological polar surface area (TPSA) is 98.8 Å². The van der Waals surface area contributed by atoms with Crippen molar-refractivity contribution in [2.75, 3.05) is 45.1 Å². The number of carbonyl (C=O) groups excluding carboxylic acids is 2. The standard InChI is InChI=1S/C21H26N4O4S/c1-24-10-12-25(13-11-24)30(28,29)19-9-5-8-18(15-19)23-21(27)16-22-20(26)14-17-6-3-2-4-7-17/h2-9,15H,10-14,16H2,1H3,(H,22,26)(H,23,27). The average Bonchev–Trinajstić information content (AvgIpc) is 2.73. The SMILES string of the molecule is CN1CCN(S(=O)(=O)c2cccc(NC(=O)CNC(=O)Cc3ccccc3)c2)CC1. The fraction of sp³-hybridized carbons (Fsp3) is 0.333. The molecule has 0 spiro atoms. The number of carbonyl (C=O) groups is 2. The van der Waals surface area contributed by atoms with Gasteiger partial charge in [0.2, 0.25) is 21.8 Å². The van der Waals surface area contributed by atoms with Crippen LogP contribution in [0.1, 0.15) is 5.56 Å². The van der Waals surface area contributed by atoms with Crippen LogP contribution in [0.2, 0.25) is 0 Å². The Morgan fingerprint density at radius 3 is 2.33 bits per heavy atom. The van der Waals surface area contributed by atoms with Crippen LogP contribution < -0.4 is 10.6 Å². The zero-order valence-corrected chi connectivity index (χ0v) is 17.7. The number of likely N-dealkylation sites (N-methyl/N-ethyl adjacent to an activating group) is 1. The Labute approximate surface area is 176 Å². The van der Waals surface area contributed by atoms with Gasteiger partial charge in [-0.25, -0.2) is 8.42 Å². The van der Waals surface area contributed by atoms with Crippen molar-refractivity contribution >= 4 is 27.5 Å². The zero-order chi connectivity index (χ0) is 21.6. The predicted octanol–water partition coefficient (Wildman–Crippen LogP) is 0.920. The van der Waals surface area contributed by atoms with Crippen molar-refractivity contribution in [3.63, 3.8) is 0 Å². The predicted molar refractivity (Wildman–Crippen MR) is 114 cm³/mol. The van der Waals surface area contributed by atoms with Gasteiger partial charge in [0.25, 0.3) is 0 Å². The van der Waals surface area contributed by atoms with Crippen LogP contribution in [-0.4, -0.2) is 69.2 Å². The summed E-state index contributed by atoms with van der Waals surface area (Å²) < 4.78 is 27.2. The van der Waals surface area contributed by atoms with Gasteiger partial charge in [-0.05, 0) is 30.8 Å². The monoisotopic (exact) mass is 430 g/mol. The van der Waals surface area contributed by atoms with Crippen LogP contribution in [0, 0.1) is 0 Å². The molecule has 2 N–H and O–H groups in total. The molecule has 30 heavy (non-hydrogen) atoms. The molecule has 1 heterocycles. The highest BCUT2D eigenvalue weighted by Gasteiger charge is 2.27. The number of nitrogens with one attached hydrogen (secondary N) is 2. The van der Waals surface area contributed by atoms with E-state index in [1.807, 2.05) is 37.4 Å². The van der Waals surface area contributed by atoms with Crippen LogP contribution in [0.4, 0.5) is 5.69 Å². The molecule has 160 valence electrons. The van der Waals surface area contributed by atoms with Gasteiger partial charge in [-0.15, -0.1) is 0 Å². The van der Waals surface area contributed by atoms with Crippen molar-refractivity contribution < 1.29 is 18.0 Å². The molecule has 9 heteroatoms. The first-order chi connectivity index (χ1) is 14.3. The van der Waals surface area contributed by atoms with Gasteiger partial charge in [-0.3, -0.25) is 9.59 Å². The first kappa shape index (κ1) is 21.9. The van der Waals surface area contributed by atoms with Gasteiger partial charge in [0.15, 0.2) is 0 Å². The van der Waals surface area contributed by atoms with Gasteiger partial charge in [-0.1, -0.05) is 36.4 Å². The molecule has 0 aliphatic carbocycles. The molecule has 0 atom stereocenters. The second-order valence-corrected chi connectivity index (χ2v) is 9.16. The number of sulfonamides is 1. The van der Waals surface area contributed by atoms with E-state index in [4.69, 9.17) is 0 Å². The van der Waals surface area contributed by atoms with E-state index in [0.717, 1.165) is 5.56 Å². The highest BCUT2D eigenvalue weighted by molar-refractivity contribution is 7.89. The third-order valence-corrected chi connectivity index (χ3v) is 6.77. The van der Waals surface area contributed by atoms with Gasteiger partial charge >= 0.3 is 0 Å². The fourth-order valence-electron chi connectivity index (χ4n) is 3.14. The first-order valence-corrected chi connectivity index (χ1v) is 11.2. The number of piperazine rings is 1. The van der Waals surface area contributed by atoms with Gasteiger partial charge in [0, 0.05) is 31.9 Å². The molecule has 2 aromatic carbocycles. The van der Waals surface area contributed by atoms with Crippen molar-refractivity contribution in [2.24, 2.45) is 0 Å². The molecule has 1 aliphatic rings. The zero-order valence-electron chi connectivity index (χ0n) is 16.9. The summed E-state index contributed by atoms with van der Waals surface area (Å²) in [6, 6.07) is 15.4. The fourth-order valence-corrected chi connectivity index (χ4v) is 4.61. The largest absolute Gasteiger partial charge is 0.347 e. The maximum atomic E-state index is 12.9. The molecule has 0 unspecified atom stereocenters. The lowest BCUT2D eigenvalue weighted by molar-refractivity contribution is -0.123. The lowest BCUT2D eigenvalue weighted by Gasteiger charge is -2.31. The third kappa shape index (κ3) is 5.88. The van der Waals surface area contributed by atoms with Crippen molar-refractivity contribution in [3.05, 3.63) is 60.2 Å². The van der Waals surface area contributed by atoms with E-state index in [9.17, 15) is 18.0 Å². The third-order valence-electron chi connectivity index (χ3n) is 4.87. The van der Waals surface area contributed by atoms with Crippen LogP contribution in [-0.2, 0) is 26.0 Å². The lowest BCUT2D eigenvalue weighted by atomic mass is 10.1. The summed E-state index contributed by atoms with van der Waals surface area (Å²) in [6.45, 7) is 2.03. The second kappa shape index (κ2) is 9.84. The minimum absolute atomic E-state index is 0.137. The van der Waals surface area contributed by atoms with Crippen molar-refractivity contribution in [1.82, 2.24) is 14.5 Å². The maximum Gasteiger partial charge on any atom is 0.243 e. The minimum atomic E-state index is -3.62.